The summed E-state index contributed by atoms with van der Waals surface area (Å²) in [6.07, 6.45) is -6.39. The average Bonchev–Trinajstić information content (AvgIpc) is 3.46. The van der Waals surface area contributed by atoms with Crippen molar-refractivity contribution in [3.8, 4) is 0 Å². The zero-order valence-corrected chi connectivity index (χ0v) is 25.2. The van der Waals surface area contributed by atoms with Crippen LogP contribution in [0.1, 0.15) is 27.0 Å². The fourth-order valence-electron chi connectivity index (χ4n) is 6.32. The van der Waals surface area contributed by atoms with Crippen molar-refractivity contribution in [2.75, 3.05) is 57.3 Å². The molecule has 2 aromatic heterocycles. The SMILES string of the molecule is O=C(CN1CCN(C(=O)c2cc(C(F)(F)F)cc(C(F)(F)F)c2)[C@H](Cc2c[nH]c3ccccc23)C1)N1CCN(c2ccccn2)CC1. The molecule has 2 aliphatic rings. The molecule has 0 bridgehead atoms. The standard InChI is InChI=1S/C33H32F6N6O2/c34-32(35,36)24-15-22(16-25(18-24)33(37,38)39)31(47)45-14-9-42(20-26(45)17-23-19-41-28-6-2-1-5-27(23)28)21-30(46)44-12-10-43(11-13-44)29-7-3-4-8-40-29/h1-8,15-16,18-19,26,41H,9-14,17,20-21H2/t26-/m1/s1. The van der Waals surface area contributed by atoms with Gasteiger partial charge in [-0.3, -0.25) is 14.5 Å². The highest BCUT2D eigenvalue weighted by atomic mass is 19.4. The predicted molar refractivity (Wildman–Crippen MR) is 163 cm³/mol. The Morgan fingerprint density at radius 2 is 1.51 bits per heavy atom. The topological polar surface area (TPSA) is 75.8 Å². The van der Waals surface area contributed by atoms with Gasteiger partial charge in [-0.2, -0.15) is 26.3 Å². The van der Waals surface area contributed by atoms with E-state index in [1.165, 1.54) is 4.90 Å². The summed E-state index contributed by atoms with van der Waals surface area (Å²) in [4.78, 5) is 41.8. The number of amides is 2. The zero-order chi connectivity index (χ0) is 33.3. The van der Waals surface area contributed by atoms with Crippen LogP contribution in [0.5, 0.6) is 0 Å². The van der Waals surface area contributed by atoms with Gasteiger partial charge < -0.3 is 19.7 Å². The smallest absolute Gasteiger partial charge is 0.361 e. The van der Waals surface area contributed by atoms with Gasteiger partial charge in [-0.05, 0) is 48.4 Å². The number of alkyl halides is 6. The molecule has 0 radical (unpaired) electrons. The molecule has 0 saturated carbocycles. The van der Waals surface area contributed by atoms with Crippen LogP contribution in [0.15, 0.2) is 73.1 Å². The number of nitrogens with one attached hydrogen (secondary N) is 1. The molecular formula is C33H32F6N6O2. The first-order valence-electron chi connectivity index (χ1n) is 15.2. The van der Waals surface area contributed by atoms with Crippen LogP contribution < -0.4 is 4.90 Å². The molecule has 8 nitrogen and oxygen atoms in total. The monoisotopic (exact) mass is 658 g/mol. The van der Waals surface area contributed by atoms with Gasteiger partial charge in [-0.25, -0.2) is 4.98 Å². The number of H-pyrrole nitrogens is 1. The van der Waals surface area contributed by atoms with Crippen LogP contribution >= 0.6 is 0 Å². The Morgan fingerprint density at radius 3 is 2.17 bits per heavy atom. The minimum atomic E-state index is -5.08. The molecule has 6 rings (SSSR count). The number of carbonyl (C=O) groups excluding carboxylic acids is 2. The van der Waals surface area contributed by atoms with Crippen LogP contribution in [-0.4, -0.2) is 94.9 Å². The lowest BCUT2D eigenvalue weighted by atomic mass is 9.98. The molecule has 4 heterocycles. The Hall–Kier alpha value is -4.59. The highest BCUT2D eigenvalue weighted by Crippen LogP contribution is 2.37. The van der Waals surface area contributed by atoms with Crippen LogP contribution in [0.25, 0.3) is 10.9 Å². The van der Waals surface area contributed by atoms with E-state index in [0.29, 0.717) is 38.3 Å². The van der Waals surface area contributed by atoms with E-state index < -0.39 is 41.0 Å². The lowest BCUT2D eigenvalue weighted by Crippen LogP contribution is -2.58. The summed E-state index contributed by atoms with van der Waals surface area (Å²) in [6, 6.07) is 13.5. The number of hydrogen-bond acceptors (Lipinski definition) is 5. The molecule has 4 aromatic rings. The van der Waals surface area contributed by atoms with E-state index in [9.17, 15) is 35.9 Å². The van der Waals surface area contributed by atoms with Crippen molar-refractivity contribution in [1.29, 1.82) is 0 Å². The maximum atomic E-state index is 13.8. The largest absolute Gasteiger partial charge is 0.416 e. The van der Waals surface area contributed by atoms with Crippen LogP contribution in [0.3, 0.4) is 0 Å². The number of aromatic nitrogens is 2. The Balaban J connectivity index is 1.21. The Bertz CT molecular complexity index is 1700. The second-order valence-corrected chi connectivity index (χ2v) is 11.8. The molecule has 248 valence electrons. The third-order valence-corrected chi connectivity index (χ3v) is 8.76. The van der Waals surface area contributed by atoms with Crippen LogP contribution in [-0.2, 0) is 23.6 Å². The van der Waals surface area contributed by atoms with Gasteiger partial charge in [-0.1, -0.05) is 24.3 Å². The number of fused-ring (bicyclic) bond motifs is 1. The number of rotatable bonds is 6. The Morgan fingerprint density at radius 1 is 0.830 bits per heavy atom. The van der Waals surface area contributed by atoms with Crippen molar-refractivity contribution in [3.63, 3.8) is 0 Å². The number of benzene rings is 2. The summed E-state index contributed by atoms with van der Waals surface area (Å²) in [6.45, 7) is 2.75. The molecule has 2 aliphatic heterocycles. The first kappa shape index (κ1) is 32.4. The molecule has 2 aromatic carbocycles. The molecule has 0 unspecified atom stereocenters. The minimum Gasteiger partial charge on any atom is -0.361 e. The van der Waals surface area contributed by atoms with E-state index in [-0.39, 0.29) is 44.6 Å². The number of carbonyl (C=O) groups is 2. The highest BCUT2D eigenvalue weighted by Gasteiger charge is 2.39. The molecule has 1 atom stereocenters. The second kappa shape index (κ2) is 12.9. The lowest BCUT2D eigenvalue weighted by molar-refractivity contribution is -0.143. The molecule has 0 aliphatic carbocycles. The van der Waals surface area contributed by atoms with Crippen LogP contribution in [0, 0.1) is 0 Å². The third-order valence-electron chi connectivity index (χ3n) is 8.76. The van der Waals surface area contributed by atoms with Gasteiger partial charge in [0.25, 0.3) is 5.91 Å². The van der Waals surface area contributed by atoms with Gasteiger partial charge in [0.15, 0.2) is 0 Å². The fraction of sp³-hybridized carbons (Fsp3) is 0.364. The van der Waals surface area contributed by atoms with E-state index in [2.05, 4.69) is 14.9 Å². The van der Waals surface area contributed by atoms with E-state index >= 15 is 0 Å². The summed E-state index contributed by atoms with van der Waals surface area (Å²) in [5.41, 5.74) is -2.10. The fourth-order valence-corrected chi connectivity index (χ4v) is 6.32. The number of piperazine rings is 2. The third kappa shape index (κ3) is 7.22. The van der Waals surface area contributed by atoms with Crippen molar-refractivity contribution in [2.45, 2.75) is 24.8 Å². The highest BCUT2D eigenvalue weighted by molar-refractivity contribution is 5.95. The van der Waals surface area contributed by atoms with Crippen LogP contribution in [0.4, 0.5) is 32.2 Å². The normalized spacial score (nSPS) is 18.2. The Labute approximate surface area is 266 Å². The van der Waals surface area contributed by atoms with Crippen molar-refractivity contribution in [2.24, 2.45) is 0 Å². The van der Waals surface area contributed by atoms with E-state index in [0.717, 1.165) is 22.3 Å². The van der Waals surface area contributed by atoms with Gasteiger partial charge in [0.1, 0.15) is 5.82 Å². The summed E-state index contributed by atoms with van der Waals surface area (Å²) in [5.74, 6) is -0.185. The predicted octanol–water partition coefficient (Wildman–Crippen LogP) is 5.32. The number of hydrogen-bond donors (Lipinski definition) is 1. The number of anilines is 1. The van der Waals surface area contributed by atoms with Crippen LogP contribution in [0.2, 0.25) is 0 Å². The van der Waals surface area contributed by atoms with Crippen molar-refractivity contribution in [1.82, 2.24) is 24.7 Å². The first-order valence-corrected chi connectivity index (χ1v) is 15.2. The van der Waals surface area contributed by atoms with Crippen molar-refractivity contribution < 1.29 is 35.9 Å². The lowest BCUT2D eigenvalue weighted by Gasteiger charge is -2.42. The molecule has 2 fully saturated rings. The van der Waals surface area contributed by atoms with E-state index in [4.69, 9.17) is 0 Å². The van der Waals surface area contributed by atoms with Crippen molar-refractivity contribution in [3.05, 3.63) is 95.3 Å². The van der Waals surface area contributed by atoms with Gasteiger partial charge in [0.2, 0.25) is 5.91 Å². The average molecular weight is 659 g/mol. The molecular weight excluding hydrogens is 626 g/mol. The minimum absolute atomic E-state index is 0.0138. The molecule has 2 amide bonds. The van der Waals surface area contributed by atoms with Gasteiger partial charge >= 0.3 is 12.4 Å². The molecule has 47 heavy (non-hydrogen) atoms. The maximum Gasteiger partial charge on any atom is 0.416 e. The number of nitrogens with zero attached hydrogens (tertiary/aromatic N) is 5. The Kier molecular flexibility index (Phi) is 8.88. The summed E-state index contributed by atoms with van der Waals surface area (Å²) < 4.78 is 81.7. The molecule has 14 heteroatoms. The summed E-state index contributed by atoms with van der Waals surface area (Å²) in [7, 11) is 0. The first-order chi connectivity index (χ1) is 22.4. The molecule has 1 N–H and O–H groups in total. The number of aromatic amines is 1. The number of para-hydroxylation sites is 1. The van der Waals surface area contributed by atoms with Crippen molar-refractivity contribution >= 4 is 28.5 Å². The number of pyridine rings is 1. The summed E-state index contributed by atoms with van der Waals surface area (Å²) >= 11 is 0. The molecule has 2 saturated heterocycles. The maximum absolute atomic E-state index is 13.8. The molecule has 0 spiro atoms. The number of halogens is 6. The zero-order valence-electron chi connectivity index (χ0n) is 25.2. The summed E-state index contributed by atoms with van der Waals surface area (Å²) in [5, 5.41) is 0.886. The van der Waals surface area contributed by atoms with Gasteiger partial charge in [-0.15, -0.1) is 0 Å². The van der Waals surface area contributed by atoms with Gasteiger partial charge in [0.05, 0.1) is 17.7 Å². The van der Waals surface area contributed by atoms with Gasteiger partial charge in [0, 0.05) is 80.7 Å². The van der Waals surface area contributed by atoms with E-state index in [1.54, 1.807) is 17.3 Å². The van der Waals surface area contributed by atoms with E-state index in [1.807, 2.05) is 47.4 Å². The quantitative estimate of drug-likeness (QED) is 0.284. The second-order valence-electron chi connectivity index (χ2n) is 11.8.